The normalized spacial score (nSPS) is 26.8. The molecule has 13 nitrogen and oxygen atoms in total. The van der Waals surface area contributed by atoms with Crippen LogP contribution in [0.3, 0.4) is 0 Å². The Bertz CT molecular complexity index is 1260. The van der Waals surface area contributed by atoms with Crippen LogP contribution in [0.25, 0.3) is 0 Å². The van der Waals surface area contributed by atoms with Crippen molar-refractivity contribution in [2.75, 3.05) is 13.7 Å². The summed E-state index contributed by atoms with van der Waals surface area (Å²) in [6.07, 6.45) is -5.07. The molecule has 14 heteroatoms. The van der Waals surface area contributed by atoms with Crippen molar-refractivity contribution in [2.45, 2.75) is 70.0 Å². The molecular weight excluding hydrogens is 571 g/mol. The highest BCUT2D eigenvalue weighted by molar-refractivity contribution is 7.52. The summed E-state index contributed by atoms with van der Waals surface area (Å²) in [5.74, 6) is -0.690. The van der Waals surface area contributed by atoms with Crippen LogP contribution >= 0.6 is 7.75 Å². The van der Waals surface area contributed by atoms with Crippen molar-refractivity contribution in [2.24, 2.45) is 5.41 Å². The van der Waals surface area contributed by atoms with Gasteiger partial charge in [-0.05, 0) is 48.1 Å². The molecular formula is C28H37N2O11P. The van der Waals surface area contributed by atoms with Crippen LogP contribution in [-0.2, 0) is 34.8 Å². The second kappa shape index (κ2) is 13.5. The van der Waals surface area contributed by atoms with Gasteiger partial charge in [-0.2, -0.15) is 5.09 Å². The number of aliphatic hydroxyl groups excluding tert-OH is 3. The third-order valence-corrected chi connectivity index (χ3v) is 8.82. The first kappa shape index (κ1) is 31.9. The van der Waals surface area contributed by atoms with E-state index in [1.54, 1.807) is 24.3 Å². The average molecular weight is 609 g/mol. The van der Waals surface area contributed by atoms with Crippen LogP contribution in [0.4, 0.5) is 0 Å². The minimum Gasteiger partial charge on any atom is -0.497 e. The van der Waals surface area contributed by atoms with Crippen molar-refractivity contribution in [3.63, 3.8) is 0 Å². The van der Waals surface area contributed by atoms with Gasteiger partial charge in [0.25, 0.3) is 0 Å². The lowest BCUT2D eigenvalue weighted by Gasteiger charge is -2.43. The summed E-state index contributed by atoms with van der Waals surface area (Å²) >= 11 is 0. The number of rotatable bonds is 13. The number of ether oxygens (including phenoxy) is 3. The third-order valence-electron chi connectivity index (χ3n) is 7.27. The van der Waals surface area contributed by atoms with Crippen LogP contribution in [-0.4, -0.2) is 77.6 Å². The number of aliphatic hydroxyl groups is 3. The number of methoxy groups -OCH3 is 1. The fourth-order valence-electron chi connectivity index (χ4n) is 4.57. The minimum absolute atomic E-state index is 0.0174. The zero-order chi connectivity index (χ0) is 30.5. The van der Waals surface area contributed by atoms with E-state index in [9.17, 15) is 29.5 Å². The van der Waals surface area contributed by atoms with Crippen molar-refractivity contribution in [3.8, 4) is 11.5 Å². The summed E-state index contributed by atoms with van der Waals surface area (Å²) in [6, 6.07) is 12.6. The molecule has 5 N–H and O–H groups in total. The van der Waals surface area contributed by atoms with Gasteiger partial charge in [-0.25, -0.2) is 4.57 Å². The van der Waals surface area contributed by atoms with E-state index in [0.717, 1.165) is 5.56 Å². The molecule has 2 unspecified atom stereocenters. The Balaban J connectivity index is 1.63. The second-order valence-electron chi connectivity index (χ2n) is 10.6. The molecule has 1 aliphatic heterocycles. The summed E-state index contributed by atoms with van der Waals surface area (Å²) in [4.78, 5) is 25.1. The van der Waals surface area contributed by atoms with Gasteiger partial charge < -0.3 is 39.4 Å². The molecule has 0 radical (unpaired) electrons. The summed E-state index contributed by atoms with van der Waals surface area (Å²) < 4.78 is 42.3. The van der Waals surface area contributed by atoms with Crippen LogP contribution in [0.15, 0.2) is 54.6 Å². The molecule has 1 aliphatic carbocycles. The van der Waals surface area contributed by atoms with E-state index in [2.05, 4.69) is 10.4 Å². The SMILES string of the molecule is COc1ccc(OP(=O)(NC(C(=O)OCc2ccccc2)C2(C)CC2)O[C@H]2[C@H](O)[C@@H](NC(C)=O)[C@@H](O)O[C@@H]2CO)cc1. The fourth-order valence-corrected chi connectivity index (χ4v) is 6.44. The number of benzene rings is 2. The third kappa shape index (κ3) is 7.87. The number of hydrogen-bond acceptors (Lipinski definition) is 11. The van der Waals surface area contributed by atoms with Gasteiger partial charge in [0.05, 0.1) is 13.7 Å². The predicted molar refractivity (Wildman–Crippen MR) is 148 cm³/mol. The van der Waals surface area contributed by atoms with Gasteiger partial charge in [-0.1, -0.05) is 37.3 Å². The summed E-state index contributed by atoms with van der Waals surface area (Å²) in [7, 11) is -3.12. The summed E-state index contributed by atoms with van der Waals surface area (Å²) in [6.45, 7) is 2.24. The first-order valence-electron chi connectivity index (χ1n) is 13.5. The van der Waals surface area contributed by atoms with E-state index in [4.69, 9.17) is 23.3 Å². The van der Waals surface area contributed by atoms with Gasteiger partial charge in [-0.15, -0.1) is 0 Å². The average Bonchev–Trinajstić information content (AvgIpc) is 3.73. The Morgan fingerprint density at radius 3 is 2.31 bits per heavy atom. The number of carbonyl (C=O) groups is 2. The van der Waals surface area contributed by atoms with Crippen molar-refractivity contribution in [1.82, 2.24) is 10.4 Å². The summed E-state index contributed by atoms with van der Waals surface area (Å²) in [5.41, 5.74) is 0.124. The first-order valence-corrected chi connectivity index (χ1v) is 15.0. The van der Waals surface area contributed by atoms with Crippen LogP contribution in [0.2, 0.25) is 0 Å². The van der Waals surface area contributed by atoms with E-state index >= 15 is 0 Å². The molecule has 0 spiro atoms. The maximum atomic E-state index is 14.5. The second-order valence-corrected chi connectivity index (χ2v) is 12.3. The number of amides is 1. The highest BCUT2D eigenvalue weighted by atomic mass is 31.2. The highest BCUT2D eigenvalue weighted by Crippen LogP contribution is 2.54. The smallest absolute Gasteiger partial charge is 0.459 e. The Morgan fingerprint density at radius 2 is 1.74 bits per heavy atom. The van der Waals surface area contributed by atoms with Gasteiger partial charge >= 0.3 is 13.7 Å². The van der Waals surface area contributed by atoms with Crippen LogP contribution in [0, 0.1) is 5.41 Å². The molecule has 7 atom stereocenters. The zero-order valence-electron chi connectivity index (χ0n) is 23.5. The summed E-state index contributed by atoms with van der Waals surface area (Å²) in [5, 5.41) is 36.4. The molecule has 2 fully saturated rings. The monoisotopic (exact) mass is 608 g/mol. The van der Waals surface area contributed by atoms with E-state index in [1.807, 2.05) is 25.1 Å². The van der Waals surface area contributed by atoms with Crippen LogP contribution in [0.1, 0.15) is 32.3 Å². The predicted octanol–water partition coefficient (Wildman–Crippen LogP) is 1.64. The molecule has 4 rings (SSSR count). The highest BCUT2D eigenvalue weighted by Gasteiger charge is 2.55. The van der Waals surface area contributed by atoms with E-state index in [0.29, 0.717) is 18.6 Å². The number of esters is 1. The standard InChI is InChI=1S/C28H37N2O11P/c1-17(32)29-22-23(33)24(21(15-31)39-26(22)34)41-42(36,40-20-11-9-19(37-3)10-12-20)30-25(28(2)13-14-28)27(35)38-16-18-7-5-4-6-8-18/h4-12,21-26,31,33-34H,13-16H2,1-3H3,(H,29,32)(H,30,36)/t21-,22-,23-,24-,25?,26+,42?/m1/s1. The largest absolute Gasteiger partial charge is 0.497 e. The van der Waals surface area contributed by atoms with E-state index < -0.39 is 68.3 Å². The van der Waals surface area contributed by atoms with Crippen molar-refractivity contribution in [1.29, 1.82) is 0 Å². The zero-order valence-corrected chi connectivity index (χ0v) is 24.4. The maximum absolute atomic E-state index is 14.5. The van der Waals surface area contributed by atoms with Crippen molar-refractivity contribution >= 4 is 19.6 Å². The number of nitrogens with one attached hydrogen (secondary N) is 2. The lowest BCUT2D eigenvalue weighted by Crippen LogP contribution is -2.64. The molecule has 2 aromatic carbocycles. The molecule has 0 aromatic heterocycles. The lowest BCUT2D eigenvalue weighted by molar-refractivity contribution is -0.249. The number of hydrogen-bond donors (Lipinski definition) is 5. The van der Waals surface area contributed by atoms with E-state index in [-0.39, 0.29) is 12.4 Å². The Labute approximate surface area is 243 Å². The molecule has 1 saturated heterocycles. The Morgan fingerprint density at radius 1 is 1.10 bits per heavy atom. The van der Waals surface area contributed by atoms with Gasteiger partial charge in [0.15, 0.2) is 6.29 Å². The van der Waals surface area contributed by atoms with E-state index in [1.165, 1.54) is 26.2 Å². The van der Waals surface area contributed by atoms with Gasteiger partial charge in [0.1, 0.15) is 48.5 Å². The molecule has 230 valence electrons. The van der Waals surface area contributed by atoms with Crippen molar-refractivity contribution in [3.05, 3.63) is 60.2 Å². The lowest BCUT2D eigenvalue weighted by atomic mass is 9.97. The Hall–Kier alpha value is -3.03. The van der Waals surface area contributed by atoms with Crippen molar-refractivity contribution < 1.29 is 52.7 Å². The maximum Gasteiger partial charge on any atom is 0.459 e. The fraction of sp³-hybridized carbons (Fsp3) is 0.500. The van der Waals surface area contributed by atoms with Crippen LogP contribution < -0.4 is 19.7 Å². The topological polar surface area (TPSA) is 182 Å². The molecule has 1 saturated carbocycles. The molecule has 2 aliphatic rings. The van der Waals surface area contributed by atoms with Gasteiger partial charge in [-0.3, -0.25) is 14.1 Å². The molecule has 1 heterocycles. The minimum atomic E-state index is -4.60. The van der Waals surface area contributed by atoms with Gasteiger partial charge in [0, 0.05) is 6.92 Å². The molecule has 42 heavy (non-hydrogen) atoms. The molecule has 0 bridgehead atoms. The molecule has 2 aromatic rings. The van der Waals surface area contributed by atoms with Gasteiger partial charge in [0.2, 0.25) is 5.91 Å². The first-order chi connectivity index (χ1) is 20.0. The molecule has 1 amide bonds. The van der Waals surface area contributed by atoms with Crippen LogP contribution in [0.5, 0.6) is 11.5 Å². The quantitative estimate of drug-likeness (QED) is 0.164. The number of carbonyl (C=O) groups excluding carboxylic acids is 2. The Kier molecular flexibility index (Phi) is 10.3.